The quantitative estimate of drug-likeness (QED) is 0.189. The fraction of sp³-hybridized carbons (Fsp3) is 0.0333. The van der Waals surface area contributed by atoms with Gasteiger partial charge >= 0.3 is 5.63 Å². The zero-order chi connectivity index (χ0) is 24.6. The molecule has 174 valence electrons. The lowest BCUT2D eigenvalue weighted by Crippen LogP contribution is -2.07. The average molecular weight is 493 g/mol. The van der Waals surface area contributed by atoms with Gasteiger partial charge in [-0.1, -0.05) is 66.2 Å². The molecule has 0 unspecified atom stereocenters. The third-order valence-corrected chi connectivity index (χ3v) is 6.36. The molecule has 6 rings (SSSR count). The Bertz CT molecular complexity index is 1800. The first-order valence-electron chi connectivity index (χ1n) is 11.4. The second kappa shape index (κ2) is 9.02. The molecule has 36 heavy (non-hydrogen) atoms. The molecule has 0 atom stereocenters. The van der Waals surface area contributed by atoms with Crippen LogP contribution in [0.5, 0.6) is 0 Å². The Labute approximate surface area is 210 Å². The summed E-state index contributed by atoms with van der Waals surface area (Å²) in [6.07, 6.45) is 0.372. The number of rotatable bonds is 4. The lowest BCUT2D eigenvalue weighted by Gasteiger charge is -2.10. The van der Waals surface area contributed by atoms with Crippen LogP contribution in [0.1, 0.15) is 11.4 Å². The van der Waals surface area contributed by atoms with E-state index in [9.17, 15) is 9.18 Å². The summed E-state index contributed by atoms with van der Waals surface area (Å²) in [6.45, 7) is 0. The summed E-state index contributed by atoms with van der Waals surface area (Å²) in [4.78, 5) is 22.5. The summed E-state index contributed by atoms with van der Waals surface area (Å²) < 4.78 is 19.1. The SMILES string of the molecule is O=c1oc2ccc3ccccc3c2cc1-c1cc(-c2ccc(Cl)cc2)nc(Cc2ccc(F)cc2)n1. The molecular weight excluding hydrogens is 475 g/mol. The van der Waals surface area contributed by atoms with Crippen LogP contribution in [0.3, 0.4) is 0 Å². The predicted octanol–water partition coefficient (Wildman–Crippen LogP) is 7.45. The van der Waals surface area contributed by atoms with Gasteiger partial charge in [0, 0.05) is 22.4 Å². The molecule has 0 amide bonds. The molecule has 4 aromatic carbocycles. The molecule has 0 aliphatic heterocycles. The van der Waals surface area contributed by atoms with Crippen LogP contribution in [0.2, 0.25) is 5.02 Å². The lowest BCUT2D eigenvalue weighted by atomic mass is 10.0. The maximum Gasteiger partial charge on any atom is 0.345 e. The summed E-state index contributed by atoms with van der Waals surface area (Å²) in [7, 11) is 0. The van der Waals surface area contributed by atoms with Gasteiger partial charge in [-0.2, -0.15) is 0 Å². The molecule has 0 saturated carbocycles. The molecular formula is C30H18ClFN2O2. The molecule has 2 aromatic heterocycles. The van der Waals surface area contributed by atoms with E-state index in [1.165, 1.54) is 12.1 Å². The smallest absolute Gasteiger partial charge is 0.345 e. The van der Waals surface area contributed by atoms with Gasteiger partial charge in [0.25, 0.3) is 0 Å². The minimum atomic E-state index is -0.480. The largest absolute Gasteiger partial charge is 0.422 e. The first-order chi connectivity index (χ1) is 17.5. The third-order valence-electron chi connectivity index (χ3n) is 6.11. The summed E-state index contributed by atoms with van der Waals surface area (Å²) in [6, 6.07) is 28.8. The summed E-state index contributed by atoms with van der Waals surface area (Å²) >= 11 is 6.08. The highest BCUT2D eigenvalue weighted by atomic mass is 35.5. The number of hydrogen-bond acceptors (Lipinski definition) is 4. The number of halogens is 2. The molecule has 0 fully saturated rings. The number of aromatic nitrogens is 2. The van der Waals surface area contributed by atoms with Crippen molar-refractivity contribution in [2.75, 3.05) is 0 Å². The lowest BCUT2D eigenvalue weighted by molar-refractivity contribution is 0.563. The molecule has 0 aliphatic rings. The second-order valence-corrected chi connectivity index (χ2v) is 8.95. The van der Waals surface area contributed by atoms with Crippen LogP contribution in [0.4, 0.5) is 4.39 Å². The van der Waals surface area contributed by atoms with E-state index in [0.29, 0.717) is 39.8 Å². The van der Waals surface area contributed by atoms with Crippen LogP contribution in [-0.2, 0) is 6.42 Å². The fourth-order valence-corrected chi connectivity index (χ4v) is 4.44. The first kappa shape index (κ1) is 22.1. The van der Waals surface area contributed by atoms with E-state index in [0.717, 1.165) is 27.3 Å². The summed E-state index contributed by atoms with van der Waals surface area (Å²) in [5, 5.41) is 3.47. The highest BCUT2D eigenvalue weighted by Crippen LogP contribution is 2.29. The van der Waals surface area contributed by atoms with Crippen molar-refractivity contribution in [3.63, 3.8) is 0 Å². The monoisotopic (exact) mass is 492 g/mol. The Balaban J connectivity index is 1.55. The third kappa shape index (κ3) is 4.25. The molecule has 4 nitrogen and oxygen atoms in total. The highest BCUT2D eigenvalue weighted by molar-refractivity contribution is 6.30. The van der Waals surface area contributed by atoms with Gasteiger partial charge in [0.2, 0.25) is 0 Å². The molecule has 0 radical (unpaired) electrons. The van der Waals surface area contributed by atoms with Crippen LogP contribution in [0, 0.1) is 5.82 Å². The highest BCUT2D eigenvalue weighted by Gasteiger charge is 2.15. The Kier molecular flexibility index (Phi) is 5.55. The Hall–Kier alpha value is -4.35. The Morgan fingerprint density at radius 2 is 1.53 bits per heavy atom. The minimum Gasteiger partial charge on any atom is -0.422 e. The van der Waals surface area contributed by atoms with Gasteiger partial charge in [-0.3, -0.25) is 0 Å². The van der Waals surface area contributed by atoms with Crippen molar-refractivity contribution in [2.24, 2.45) is 0 Å². The zero-order valence-electron chi connectivity index (χ0n) is 18.9. The average Bonchev–Trinajstić information content (AvgIpc) is 2.90. The van der Waals surface area contributed by atoms with E-state index in [1.807, 2.05) is 54.6 Å². The number of benzene rings is 4. The van der Waals surface area contributed by atoms with E-state index < -0.39 is 5.63 Å². The van der Waals surface area contributed by atoms with Gasteiger partial charge in [0.05, 0.1) is 17.0 Å². The van der Waals surface area contributed by atoms with E-state index in [1.54, 1.807) is 30.3 Å². The standard InChI is InChI=1S/C30H18ClFN2O2/c31-21-10-7-20(8-11-21)26-17-27(34-29(33-26)15-18-5-12-22(32)13-6-18)25-16-24-23-4-2-1-3-19(23)9-14-28(24)36-30(25)35/h1-14,16-17H,15H2. The van der Waals surface area contributed by atoms with Gasteiger partial charge in [-0.25, -0.2) is 19.2 Å². The van der Waals surface area contributed by atoms with Crippen molar-refractivity contribution in [1.82, 2.24) is 9.97 Å². The topological polar surface area (TPSA) is 56.0 Å². The van der Waals surface area contributed by atoms with E-state index in [4.69, 9.17) is 26.0 Å². The van der Waals surface area contributed by atoms with Crippen LogP contribution >= 0.6 is 11.6 Å². The van der Waals surface area contributed by atoms with Gasteiger partial charge in [0.1, 0.15) is 17.2 Å². The van der Waals surface area contributed by atoms with Crippen LogP contribution < -0.4 is 5.63 Å². The van der Waals surface area contributed by atoms with Gasteiger partial charge in [-0.05, 0) is 58.8 Å². The van der Waals surface area contributed by atoms with Crippen LogP contribution in [-0.4, -0.2) is 9.97 Å². The van der Waals surface area contributed by atoms with Crippen molar-refractivity contribution in [3.8, 4) is 22.5 Å². The molecule has 6 heteroatoms. The first-order valence-corrected chi connectivity index (χ1v) is 11.8. The van der Waals surface area contributed by atoms with Crippen molar-refractivity contribution >= 4 is 33.3 Å². The van der Waals surface area contributed by atoms with Crippen molar-refractivity contribution in [2.45, 2.75) is 6.42 Å². The maximum absolute atomic E-state index is 13.4. The van der Waals surface area contributed by atoms with E-state index in [-0.39, 0.29) is 5.82 Å². The Morgan fingerprint density at radius 1 is 0.778 bits per heavy atom. The Morgan fingerprint density at radius 3 is 2.33 bits per heavy atom. The molecule has 0 saturated heterocycles. The van der Waals surface area contributed by atoms with Crippen molar-refractivity contribution in [3.05, 3.63) is 130 Å². The van der Waals surface area contributed by atoms with E-state index >= 15 is 0 Å². The molecule has 0 spiro atoms. The minimum absolute atomic E-state index is 0.309. The van der Waals surface area contributed by atoms with Gasteiger partial charge < -0.3 is 4.42 Å². The van der Waals surface area contributed by atoms with Crippen molar-refractivity contribution < 1.29 is 8.81 Å². The number of fused-ring (bicyclic) bond motifs is 3. The molecule has 6 aromatic rings. The molecule has 2 heterocycles. The normalized spacial score (nSPS) is 11.3. The van der Waals surface area contributed by atoms with E-state index in [2.05, 4.69) is 0 Å². The second-order valence-electron chi connectivity index (χ2n) is 8.51. The number of hydrogen-bond donors (Lipinski definition) is 0. The molecule has 0 bridgehead atoms. The molecule has 0 N–H and O–H groups in total. The van der Waals surface area contributed by atoms with Gasteiger partial charge in [0.15, 0.2) is 0 Å². The molecule has 0 aliphatic carbocycles. The zero-order valence-corrected chi connectivity index (χ0v) is 19.7. The maximum atomic E-state index is 13.4. The summed E-state index contributed by atoms with van der Waals surface area (Å²) in [5.74, 6) is 0.192. The number of nitrogens with zero attached hydrogens (tertiary/aromatic N) is 2. The van der Waals surface area contributed by atoms with Crippen molar-refractivity contribution in [1.29, 1.82) is 0 Å². The van der Waals surface area contributed by atoms with Crippen LogP contribution in [0.25, 0.3) is 44.3 Å². The fourth-order valence-electron chi connectivity index (χ4n) is 4.32. The van der Waals surface area contributed by atoms with Crippen LogP contribution in [0.15, 0.2) is 106 Å². The van der Waals surface area contributed by atoms with Gasteiger partial charge in [-0.15, -0.1) is 0 Å². The predicted molar refractivity (Wildman–Crippen MR) is 141 cm³/mol. The summed E-state index contributed by atoms with van der Waals surface area (Å²) in [5.41, 5.74) is 3.16.